The minimum atomic E-state index is -0.0731. The molecule has 3 heteroatoms. The molecule has 0 aliphatic heterocycles. The number of hydrogen-bond donors (Lipinski definition) is 3. The van der Waals surface area contributed by atoms with Crippen LogP contribution >= 0.6 is 0 Å². The standard InChI is InChI=1S/C17H21NO2/c1-2-7-15(13-8-4-3-5-9-13)18-12-14-10-6-11-16(19)17(14)20/h3-6,8-11,15,18-20H,2,7,12H2,1H3. The first kappa shape index (κ1) is 14.4. The Morgan fingerprint density at radius 1 is 1.00 bits per heavy atom. The van der Waals surface area contributed by atoms with Crippen LogP contribution in [0.5, 0.6) is 11.5 Å². The molecule has 0 radical (unpaired) electrons. The fraction of sp³-hybridized carbons (Fsp3) is 0.294. The van der Waals surface area contributed by atoms with Crippen molar-refractivity contribution in [3.05, 3.63) is 59.7 Å². The van der Waals surface area contributed by atoms with E-state index in [-0.39, 0.29) is 17.5 Å². The lowest BCUT2D eigenvalue weighted by Gasteiger charge is -2.19. The molecule has 2 aromatic carbocycles. The molecule has 3 nitrogen and oxygen atoms in total. The quantitative estimate of drug-likeness (QED) is 0.702. The molecule has 0 aromatic heterocycles. The molecule has 0 fully saturated rings. The third-order valence-electron chi connectivity index (χ3n) is 3.42. The normalized spacial score (nSPS) is 12.2. The van der Waals surface area contributed by atoms with E-state index in [2.05, 4.69) is 24.4 Å². The monoisotopic (exact) mass is 271 g/mol. The fourth-order valence-corrected chi connectivity index (χ4v) is 2.31. The highest BCUT2D eigenvalue weighted by molar-refractivity contribution is 5.44. The molecular weight excluding hydrogens is 250 g/mol. The smallest absolute Gasteiger partial charge is 0.161 e. The molecule has 2 rings (SSSR count). The van der Waals surface area contributed by atoms with Crippen LogP contribution in [0.15, 0.2) is 48.5 Å². The van der Waals surface area contributed by atoms with Gasteiger partial charge in [-0.3, -0.25) is 0 Å². The van der Waals surface area contributed by atoms with E-state index in [9.17, 15) is 10.2 Å². The van der Waals surface area contributed by atoms with Crippen LogP contribution in [-0.2, 0) is 6.54 Å². The highest BCUT2D eigenvalue weighted by Crippen LogP contribution is 2.29. The number of rotatable bonds is 6. The highest BCUT2D eigenvalue weighted by atomic mass is 16.3. The van der Waals surface area contributed by atoms with Crippen LogP contribution in [0.25, 0.3) is 0 Å². The average Bonchev–Trinajstić information content (AvgIpc) is 2.48. The Bertz CT molecular complexity index is 540. The third-order valence-corrected chi connectivity index (χ3v) is 3.42. The molecule has 0 aliphatic carbocycles. The predicted molar refractivity (Wildman–Crippen MR) is 80.7 cm³/mol. The van der Waals surface area contributed by atoms with E-state index in [0.29, 0.717) is 12.1 Å². The summed E-state index contributed by atoms with van der Waals surface area (Å²) >= 11 is 0. The molecular formula is C17H21NO2. The maximum atomic E-state index is 9.82. The van der Waals surface area contributed by atoms with Crippen molar-refractivity contribution in [1.29, 1.82) is 0 Å². The van der Waals surface area contributed by atoms with Crippen LogP contribution < -0.4 is 5.32 Å². The summed E-state index contributed by atoms with van der Waals surface area (Å²) in [5.41, 5.74) is 1.95. The van der Waals surface area contributed by atoms with Gasteiger partial charge in [0.25, 0.3) is 0 Å². The van der Waals surface area contributed by atoms with Gasteiger partial charge in [0.1, 0.15) is 0 Å². The molecule has 3 N–H and O–H groups in total. The van der Waals surface area contributed by atoms with Crippen LogP contribution in [0.1, 0.15) is 36.9 Å². The summed E-state index contributed by atoms with van der Waals surface area (Å²) in [5.74, 6) is -0.112. The van der Waals surface area contributed by atoms with Crippen molar-refractivity contribution >= 4 is 0 Å². The lowest BCUT2D eigenvalue weighted by molar-refractivity contribution is 0.394. The Labute approximate surface area is 119 Å². The van der Waals surface area contributed by atoms with Gasteiger partial charge in [-0.15, -0.1) is 0 Å². The van der Waals surface area contributed by atoms with Crippen LogP contribution in [0, 0.1) is 0 Å². The number of phenolic OH excluding ortho intramolecular Hbond substituents is 2. The molecule has 1 atom stereocenters. The minimum absolute atomic E-state index is 0.0386. The predicted octanol–water partition coefficient (Wildman–Crippen LogP) is 3.73. The zero-order valence-electron chi connectivity index (χ0n) is 11.7. The van der Waals surface area contributed by atoms with Gasteiger partial charge in [0.15, 0.2) is 11.5 Å². The SMILES string of the molecule is CCCC(NCc1cccc(O)c1O)c1ccccc1. The van der Waals surface area contributed by atoms with Crippen molar-refractivity contribution in [2.24, 2.45) is 0 Å². The van der Waals surface area contributed by atoms with Crippen molar-refractivity contribution in [2.75, 3.05) is 0 Å². The lowest BCUT2D eigenvalue weighted by Crippen LogP contribution is -2.20. The van der Waals surface area contributed by atoms with Crippen molar-refractivity contribution in [3.63, 3.8) is 0 Å². The molecule has 0 amide bonds. The number of para-hydroxylation sites is 1. The van der Waals surface area contributed by atoms with Gasteiger partial charge in [-0.2, -0.15) is 0 Å². The van der Waals surface area contributed by atoms with Gasteiger partial charge in [-0.05, 0) is 18.1 Å². The molecule has 2 aromatic rings. The van der Waals surface area contributed by atoms with E-state index in [1.54, 1.807) is 6.07 Å². The van der Waals surface area contributed by atoms with Gasteiger partial charge in [0.2, 0.25) is 0 Å². The maximum absolute atomic E-state index is 9.82. The summed E-state index contributed by atoms with van der Waals surface area (Å²) in [7, 11) is 0. The van der Waals surface area contributed by atoms with E-state index in [4.69, 9.17) is 0 Å². The van der Waals surface area contributed by atoms with Gasteiger partial charge >= 0.3 is 0 Å². The van der Waals surface area contributed by atoms with Crippen molar-refractivity contribution in [2.45, 2.75) is 32.4 Å². The summed E-state index contributed by atoms with van der Waals surface area (Å²) in [5, 5.41) is 22.8. The summed E-state index contributed by atoms with van der Waals surface area (Å²) in [6.45, 7) is 2.68. The lowest BCUT2D eigenvalue weighted by atomic mass is 10.0. The first-order valence-electron chi connectivity index (χ1n) is 7.00. The summed E-state index contributed by atoms with van der Waals surface area (Å²) < 4.78 is 0. The second kappa shape index (κ2) is 6.96. The van der Waals surface area contributed by atoms with Crippen LogP contribution in [0.3, 0.4) is 0 Å². The van der Waals surface area contributed by atoms with E-state index >= 15 is 0 Å². The van der Waals surface area contributed by atoms with Crippen molar-refractivity contribution in [1.82, 2.24) is 5.32 Å². The first-order valence-corrected chi connectivity index (χ1v) is 7.00. The van der Waals surface area contributed by atoms with Crippen LogP contribution in [0.2, 0.25) is 0 Å². The van der Waals surface area contributed by atoms with Crippen LogP contribution in [-0.4, -0.2) is 10.2 Å². The molecule has 0 saturated carbocycles. The number of aromatic hydroxyl groups is 2. The second-order valence-corrected chi connectivity index (χ2v) is 4.92. The summed E-state index contributed by atoms with van der Waals surface area (Å²) in [6, 6.07) is 15.6. The van der Waals surface area contributed by atoms with E-state index in [1.165, 1.54) is 11.6 Å². The second-order valence-electron chi connectivity index (χ2n) is 4.92. The van der Waals surface area contributed by atoms with E-state index < -0.39 is 0 Å². The molecule has 20 heavy (non-hydrogen) atoms. The first-order chi connectivity index (χ1) is 9.72. The molecule has 0 saturated heterocycles. The molecule has 1 unspecified atom stereocenters. The maximum Gasteiger partial charge on any atom is 0.161 e. The minimum Gasteiger partial charge on any atom is -0.504 e. The molecule has 106 valence electrons. The highest BCUT2D eigenvalue weighted by Gasteiger charge is 2.11. The zero-order valence-corrected chi connectivity index (χ0v) is 11.7. The Kier molecular flexibility index (Phi) is 5.02. The van der Waals surface area contributed by atoms with Gasteiger partial charge in [0, 0.05) is 18.2 Å². The topological polar surface area (TPSA) is 52.5 Å². The summed E-state index contributed by atoms with van der Waals surface area (Å²) in [6.07, 6.45) is 2.11. The number of hydrogen-bond acceptors (Lipinski definition) is 3. The Morgan fingerprint density at radius 2 is 1.75 bits per heavy atom. The van der Waals surface area contributed by atoms with Crippen LogP contribution in [0.4, 0.5) is 0 Å². The largest absolute Gasteiger partial charge is 0.504 e. The Morgan fingerprint density at radius 3 is 2.45 bits per heavy atom. The molecule has 0 heterocycles. The van der Waals surface area contributed by atoms with Crippen molar-refractivity contribution < 1.29 is 10.2 Å². The Hall–Kier alpha value is -2.00. The van der Waals surface area contributed by atoms with Gasteiger partial charge < -0.3 is 15.5 Å². The molecule has 0 aliphatic rings. The number of nitrogens with one attached hydrogen (secondary N) is 1. The number of phenols is 2. The van der Waals surface area contributed by atoms with Crippen molar-refractivity contribution in [3.8, 4) is 11.5 Å². The number of benzene rings is 2. The fourth-order valence-electron chi connectivity index (χ4n) is 2.31. The summed E-state index contributed by atoms with van der Waals surface area (Å²) in [4.78, 5) is 0. The zero-order chi connectivity index (χ0) is 14.4. The van der Waals surface area contributed by atoms with Gasteiger partial charge in [-0.25, -0.2) is 0 Å². The van der Waals surface area contributed by atoms with E-state index in [1.807, 2.05) is 24.3 Å². The molecule has 0 bridgehead atoms. The average molecular weight is 271 g/mol. The van der Waals surface area contributed by atoms with Gasteiger partial charge in [-0.1, -0.05) is 55.8 Å². The van der Waals surface area contributed by atoms with E-state index in [0.717, 1.165) is 12.8 Å². The van der Waals surface area contributed by atoms with Gasteiger partial charge in [0.05, 0.1) is 0 Å². The molecule has 0 spiro atoms. The Balaban J connectivity index is 2.08. The third kappa shape index (κ3) is 3.52.